The normalized spacial score (nSPS) is 15.5. The van der Waals surface area contributed by atoms with Crippen molar-refractivity contribution in [2.75, 3.05) is 42.6 Å². The van der Waals surface area contributed by atoms with E-state index in [-0.39, 0.29) is 0 Å². The third kappa shape index (κ3) is 5.41. The van der Waals surface area contributed by atoms with Gasteiger partial charge in [0.1, 0.15) is 11.4 Å². The number of nitrogens with one attached hydrogen (secondary N) is 1. The fourth-order valence-corrected chi connectivity index (χ4v) is 4.42. The Bertz CT molecular complexity index is 1200. The number of carbonyl (C=O) groups is 1. The minimum atomic E-state index is -0.525. The molecule has 5 rings (SSSR count). The average Bonchev–Trinajstić information content (AvgIpc) is 3.31. The Morgan fingerprint density at radius 2 is 1.86 bits per heavy atom. The molecule has 0 aliphatic carbocycles. The first-order valence-electron chi connectivity index (χ1n) is 12.3. The van der Waals surface area contributed by atoms with Crippen molar-refractivity contribution < 1.29 is 14.3 Å². The number of ether oxygens (including phenoxy) is 2. The molecule has 3 aromatic rings. The second-order valence-electron chi connectivity index (χ2n) is 9.94. The number of nitrogens with zero attached hydrogens (tertiary/aromatic N) is 5. The number of hydrogen-bond donors (Lipinski definition) is 1. The van der Waals surface area contributed by atoms with E-state index < -0.39 is 11.7 Å². The van der Waals surface area contributed by atoms with Crippen LogP contribution in [0, 0.1) is 0 Å². The molecular formula is C27H32N6O3. The molecule has 1 amide bonds. The lowest BCUT2D eigenvalue weighted by Gasteiger charge is -2.28. The predicted molar refractivity (Wildman–Crippen MR) is 139 cm³/mol. The summed E-state index contributed by atoms with van der Waals surface area (Å²) in [7, 11) is 0. The van der Waals surface area contributed by atoms with Crippen LogP contribution in [0.15, 0.2) is 48.8 Å². The Morgan fingerprint density at radius 1 is 1.08 bits per heavy atom. The van der Waals surface area contributed by atoms with Gasteiger partial charge in [-0.3, -0.25) is 4.98 Å². The van der Waals surface area contributed by atoms with Crippen LogP contribution in [-0.2, 0) is 22.4 Å². The number of amides is 1. The molecule has 0 spiro atoms. The van der Waals surface area contributed by atoms with E-state index in [1.54, 1.807) is 6.20 Å². The number of alkyl carbamates (subject to hydrolysis) is 1. The zero-order chi connectivity index (χ0) is 25.1. The van der Waals surface area contributed by atoms with Gasteiger partial charge < -0.3 is 24.6 Å². The first-order chi connectivity index (χ1) is 17.4. The molecule has 36 heavy (non-hydrogen) atoms. The van der Waals surface area contributed by atoms with Crippen LogP contribution in [0.4, 0.5) is 22.2 Å². The van der Waals surface area contributed by atoms with Crippen molar-refractivity contribution in [3.05, 3.63) is 59.9 Å². The molecular weight excluding hydrogens is 456 g/mol. The Hall–Kier alpha value is -3.72. The molecule has 0 radical (unpaired) electrons. The summed E-state index contributed by atoms with van der Waals surface area (Å²) in [6.07, 6.45) is 4.08. The monoisotopic (exact) mass is 488 g/mol. The zero-order valence-electron chi connectivity index (χ0n) is 21.0. The highest BCUT2D eigenvalue weighted by molar-refractivity contribution is 5.77. The van der Waals surface area contributed by atoms with E-state index in [1.807, 2.05) is 45.2 Å². The summed E-state index contributed by atoms with van der Waals surface area (Å²) in [5.41, 5.74) is 4.59. The maximum Gasteiger partial charge on any atom is 0.407 e. The number of rotatable bonds is 5. The van der Waals surface area contributed by atoms with E-state index in [0.717, 1.165) is 65.9 Å². The first-order valence-corrected chi connectivity index (χ1v) is 12.3. The minimum Gasteiger partial charge on any atom is -0.444 e. The maximum atomic E-state index is 12.0. The van der Waals surface area contributed by atoms with Crippen molar-refractivity contribution in [2.45, 2.75) is 39.3 Å². The van der Waals surface area contributed by atoms with Crippen molar-refractivity contribution >= 4 is 23.5 Å². The molecule has 1 fully saturated rings. The quantitative estimate of drug-likeness (QED) is 0.574. The lowest BCUT2D eigenvalue weighted by Crippen LogP contribution is -2.37. The summed E-state index contributed by atoms with van der Waals surface area (Å²) in [6, 6.07) is 12.2. The lowest BCUT2D eigenvalue weighted by molar-refractivity contribution is 0.0523. The van der Waals surface area contributed by atoms with Crippen molar-refractivity contribution in [3.8, 4) is 11.3 Å². The molecule has 2 aliphatic heterocycles. The van der Waals surface area contributed by atoms with E-state index in [9.17, 15) is 4.79 Å². The first kappa shape index (κ1) is 24.0. The minimum absolute atomic E-state index is 0.394. The number of anilines is 3. The summed E-state index contributed by atoms with van der Waals surface area (Å²) in [4.78, 5) is 30.8. The molecule has 0 bridgehead atoms. The molecule has 9 heteroatoms. The van der Waals surface area contributed by atoms with Gasteiger partial charge in [0.05, 0.1) is 30.8 Å². The molecule has 2 aromatic heterocycles. The van der Waals surface area contributed by atoms with Crippen LogP contribution in [0.3, 0.4) is 0 Å². The van der Waals surface area contributed by atoms with E-state index in [4.69, 9.17) is 19.4 Å². The number of benzene rings is 1. The molecule has 1 aromatic carbocycles. The van der Waals surface area contributed by atoms with E-state index in [0.29, 0.717) is 19.8 Å². The third-order valence-electron chi connectivity index (χ3n) is 6.13. The van der Waals surface area contributed by atoms with Crippen LogP contribution < -0.4 is 15.1 Å². The largest absolute Gasteiger partial charge is 0.444 e. The summed E-state index contributed by atoms with van der Waals surface area (Å²) in [5.74, 6) is 1.66. The number of fused-ring (bicyclic) bond motifs is 1. The van der Waals surface area contributed by atoms with Gasteiger partial charge in [0.2, 0.25) is 5.95 Å². The van der Waals surface area contributed by atoms with Gasteiger partial charge in [-0.1, -0.05) is 24.3 Å². The van der Waals surface area contributed by atoms with Crippen molar-refractivity contribution in [2.24, 2.45) is 0 Å². The van der Waals surface area contributed by atoms with Crippen LogP contribution >= 0.6 is 0 Å². The van der Waals surface area contributed by atoms with Gasteiger partial charge in [0.15, 0.2) is 0 Å². The molecule has 188 valence electrons. The number of carbonyl (C=O) groups excluding carboxylic acids is 1. The van der Waals surface area contributed by atoms with Gasteiger partial charge in [-0.25, -0.2) is 9.78 Å². The smallest absolute Gasteiger partial charge is 0.407 e. The fraction of sp³-hybridized carbons (Fsp3) is 0.407. The van der Waals surface area contributed by atoms with E-state index in [2.05, 4.69) is 38.3 Å². The number of hydrogen-bond acceptors (Lipinski definition) is 8. The van der Waals surface area contributed by atoms with Crippen LogP contribution in [0.2, 0.25) is 0 Å². The summed E-state index contributed by atoms with van der Waals surface area (Å²) in [5, 5.41) is 2.81. The number of pyridine rings is 1. The van der Waals surface area contributed by atoms with Crippen LogP contribution in [-0.4, -0.2) is 59.5 Å². The highest BCUT2D eigenvalue weighted by atomic mass is 16.6. The van der Waals surface area contributed by atoms with Gasteiger partial charge in [0.25, 0.3) is 0 Å². The summed E-state index contributed by atoms with van der Waals surface area (Å²) >= 11 is 0. The van der Waals surface area contributed by atoms with E-state index in [1.165, 1.54) is 0 Å². The predicted octanol–water partition coefficient (Wildman–Crippen LogP) is 4.09. The molecule has 0 saturated carbocycles. The molecule has 1 N–H and O–H groups in total. The molecule has 0 atom stereocenters. The SMILES string of the molecule is CC(C)(C)OC(=O)NCc1ccc(-c2nc(N3CCOCC3)nc3c2CCN3c2cccnc2)cc1. The summed E-state index contributed by atoms with van der Waals surface area (Å²) in [6.45, 7) is 9.63. The van der Waals surface area contributed by atoms with Gasteiger partial charge in [-0.05, 0) is 44.9 Å². The second-order valence-corrected chi connectivity index (χ2v) is 9.94. The fourth-order valence-electron chi connectivity index (χ4n) is 4.42. The van der Waals surface area contributed by atoms with Gasteiger partial charge in [0, 0.05) is 43.5 Å². The topological polar surface area (TPSA) is 92.7 Å². The molecule has 9 nitrogen and oxygen atoms in total. The maximum absolute atomic E-state index is 12.0. The molecule has 0 unspecified atom stereocenters. The Balaban J connectivity index is 1.43. The van der Waals surface area contributed by atoms with Gasteiger partial charge >= 0.3 is 6.09 Å². The molecule has 4 heterocycles. The van der Waals surface area contributed by atoms with Crippen LogP contribution in [0.1, 0.15) is 31.9 Å². The Morgan fingerprint density at radius 3 is 2.56 bits per heavy atom. The van der Waals surface area contributed by atoms with Crippen molar-refractivity contribution in [1.29, 1.82) is 0 Å². The Labute approximate surface area is 211 Å². The second kappa shape index (κ2) is 10.1. The van der Waals surface area contributed by atoms with Crippen LogP contribution in [0.5, 0.6) is 0 Å². The van der Waals surface area contributed by atoms with Crippen molar-refractivity contribution in [1.82, 2.24) is 20.3 Å². The Kier molecular flexibility index (Phi) is 6.73. The van der Waals surface area contributed by atoms with Gasteiger partial charge in [-0.15, -0.1) is 0 Å². The van der Waals surface area contributed by atoms with Crippen LogP contribution in [0.25, 0.3) is 11.3 Å². The van der Waals surface area contributed by atoms with E-state index >= 15 is 0 Å². The third-order valence-corrected chi connectivity index (χ3v) is 6.13. The standard InChI is InChI=1S/C27H32N6O3/c1-27(2,3)36-26(34)29-17-19-6-8-20(9-7-19)23-22-10-12-33(21-5-4-11-28-18-21)24(22)31-25(30-23)32-13-15-35-16-14-32/h4-9,11,18H,10,12-17H2,1-3H3,(H,29,34). The zero-order valence-corrected chi connectivity index (χ0v) is 21.0. The summed E-state index contributed by atoms with van der Waals surface area (Å²) < 4.78 is 10.9. The number of morpholine rings is 1. The lowest BCUT2D eigenvalue weighted by atomic mass is 10.0. The van der Waals surface area contributed by atoms with Crippen molar-refractivity contribution in [3.63, 3.8) is 0 Å². The van der Waals surface area contributed by atoms with Gasteiger partial charge in [-0.2, -0.15) is 4.98 Å². The number of aromatic nitrogens is 3. The highest BCUT2D eigenvalue weighted by Crippen LogP contribution is 2.39. The molecule has 2 aliphatic rings. The average molecular weight is 489 g/mol. The highest BCUT2D eigenvalue weighted by Gasteiger charge is 2.29. The molecule has 1 saturated heterocycles.